The van der Waals surface area contributed by atoms with Crippen molar-refractivity contribution in [2.45, 2.75) is 12.8 Å². The Balaban J connectivity index is 2.80. The second-order valence-electron chi connectivity index (χ2n) is 2.48. The maximum atomic E-state index is 8.22. The van der Waals surface area contributed by atoms with Crippen LogP contribution in [-0.2, 0) is 14.2 Å². The highest BCUT2D eigenvalue weighted by Crippen LogP contribution is 1.87. The minimum Gasteiger partial charge on any atom is -0.382 e. The molecule has 0 spiro atoms. The summed E-state index contributed by atoms with van der Waals surface area (Å²) in [5.74, 6) is 0. The number of rotatable bonds is 9. The van der Waals surface area contributed by atoms with Crippen molar-refractivity contribution >= 4 is 0 Å². The monoisotopic (exact) mass is 187 g/mol. The minimum absolute atomic E-state index is 0.560. The summed E-state index contributed by atoms with van der Waals surface area (Å²) in [5, 5.41) is 8.22. The van der Waals surface area contributed by atoms with Gasteiger partial charge in [0.15, 0.2) is 0 Å². The van der Waals surface area contributed by atoms with Crippen molar-refractivity contribution < 1.29 is 14.2 Å². The lowest BCUT2D eigenvalue weighted by Crippen LogP contribution is -2.08. The lowest BCUT2D eigenvalue weighted by molar-refractivity contribution is 0.0245. The molecule has 0 heterocycles. The Morgan fingerprint density at radius 2 is 1.62 bits per heavy atom. The van der Waals surface area contributed by atoms with Crippen LogP contribution in [-0.4, -0.2) is 40.1 Å². The number of hydrogen-bond donors (Lipinski definition) is 0. The number of nitriles is 1. The fourth-order valence-electron chi connectivity index (χ4n) is 0.718. The molecule has 0 amide bonds. The molecule has 0 aliphatic rings. The average molecular weight is 187 g/mol. The molecule has 0 aromatic rings. The highest BCUT2D eigenvalue weighted by molar-refractivity contribution is 4.67. The van der Waals surface area contributed by atoms with E-state index >= 15 is 0 Å². The van der Waals surface area contributed by atoms with Crippen LogP contribution in [0.1, 0.15) is 12.8 Å². The molecule has 0 saturated heterocycles. The zero-order valence-electron chi connectivity index (χ0n) is 8.12. The maximum absolute atomic E-state index is 8.22. The van der Waals surface area contributed by atoms with Crippen LogP contribution in [0.3, 0.4) is 0 Å². The van der Waals surface area contributed by atoms with E-state index in [1.807, 2.05) is 0 Å². The van der Waals surface area contributed by atoms with Crippen molar-refractivity contribution in [2.75, 3.05) is 40.1 Å². The van der Waals surface area contributed by atoms with Crippen molar-refractivity contribution in [3.63, 3.8) is 0 Å². The van der Waals surface area contributed by atoms with Crippen LogP contribution in [0.15, 0.2) is 0 Å². The summed E-state index contributed by atoms with van der Waals surface area (Å²) in [6.45, 7) is 3.05. The van der Waals surface area contributed by atoms with Gasteiger partial charge in [0.25, 0.3) is 0 Å². The molecule has 0 aliphatic heterocycles. The van der Waals surface area contributed by atoms with Gasteiger partial charge < -0.3 is 14.2 Å². The summed E-state index contributed by atoms with van der Waals surface area (Å²) in [7, 11) is 1.64. The second kappa shape index (κ2) is 11.4. The zero-order chi connectivity index (χ0) is 9.78. The molecule has 4 heteroatoms. The molecule has 0 radical (unpaired) electrons. The van der Waals surface area contributed by atoms with Crippen LogP contribution >= 0.6 is 0 Å². The van der Waals surface area contributed by atoms with Crippen LogP contribution in [0.2, 0.25) is 0 Å². The van der Waals surface area contributed by atoms with Crippen molar-refractivity contribution in [3.05, 3.63) is 0 Å². The van der Waals surface area contributed by atoms with E-state index in [1.165, 1.54) is 0 Å². The fourth-order valence-corrected chi connectivity index (χ4v) is 0.718. The lowest BCUT2D eigenvalue weighted by atomic mass is 10.3. The van der Waals surface area contributed by atoms with Gasteiger partial charge in [-0.15, -0.1) is 0 Å². The maximum Gasteiger partial charge on any atom is 0.0701 e. The lowest BCUT2D eigenvalue weighted by Gasteiger charge is -2.03. The molecule has 4 nitrogen and oxygen atoms in total. The van der Waals surface area contributed by atoms with Crippen molar-refractivity contribution in [2.24, 2.45) is 0 Å². The molecular weight excluding hydrogens is 170 g/mol. The SMILES string of the molecule is COCCOCCOCCCC#N. The second-order valence-corrected chi connectivity index (χ2v) is 2.48. The predicted octanol–water partition coefficient (Wildman–Crippen LogP) is 0.970. The normalized spacial score (nSPS) is 9.85. The molecular formula is C9H17NO3. The number of unbranched alkanes of at least 4 members (excludes halogenated alkanes) is 1. The molecule has 13 heavy (non-hydrogen) atoms. The molecule has 76 valence electrons. The van der Waals surface area contributed by atoms with Gasteiger partial charge in [0, 0.05) is 20.1 Å². The van der Waals surface area contributed by atoms with Gasteiger partial charge >= 0.3 is 0 Å². The van der Waals surface area contributed by atoms with E-state index in [1.54, 1.807) is 7.11 Å². The highest BCUT2D eigenvalue weighted by Gasteiger charge is 1.89. The van der Waals surface area contributed by atoms with Crippen LogP contribution in [0.5, 0.6) is 0 Å². The quantitative estimate of drug-likeness (QED) is 0.505. The van der Waals surface area contributed by atoms with Crippen LogP contribution in [0, 0.1) is 11.3 Å². The smallest absolute Gasteiger partial charge is 0.0701 e. The van der Waals surface area contributed by atoms with Gasteiger partial charge in [-0.05, 0) is 6.42 Å². The van der Waals surface area contributed by atoms with E-state index in [0.717, 1.165) is 6.42 Å². The molecule has 0 fully saturated rings. The van der Waals surface area contributed by atoms with Crippen LogP contribution in [0.25, 0.3) is 0 Å². The van der Waals surface area contributed by atoms with Gasteiger partial charge in [0.1, 0.15) is 0 Å². The van der Waals surface area contributed by atoms with Crippen molar-refractivity contribution in [3.8, 4) is 6.07 Å². The Labute approximate surface area is 79.4 Å². The molecule has 0 N–H and O–H groups in total. The first kappa shape index (κ1) is 12.4. The average Bonchev–Trinajstić information content (AvgIpc) is 2.16. The van der Waals surface area contributed by atoms with Crippen LogP contribution in [0.4, 0.5) is 0 Å². The number of methoxy groups -OCH3 is 1. The molecule has 0 bridgehead atoms. The molecule has 0 aromatic heterocycles. The molecule has 0 aromatic carbocycles. The van der Waals surface area contributed by atoms with Gasteiger partial charge in [-0.1, -0.05) is 0 Å². The zero-order valence-corrected chi connectivity index (χ0v) is 8.12. The topological polar surface area (TPSA) is 51.5 Å². The molecule has 0 atom stereocenters. The van der Waals surface area contributed by atoms with Crippen molar-refractivity contribution in [1.82, 2.24) is 0 Å². The van der Waals surface area contributed by atoms with Gasteiger partial charge in [-0.2, -0.15) is 5.26 Å². The summed E-state index contributed by atoms with van der Waals surface area (Å²) in [6, 6.07) is 2.06. The largest absolute Gasteiger partial charge is 0.382 e. The Morgan fingerprint density at radius 1 is 1.00 bits per heavy atom. The summed E-state index contributed by atoms with van der Waals surface area (Å²) >= 11 is 0. The first-order valence-electron chi connectivity index (χ1n) is 4.43. The van der Waals surface area contributed by atoms with E-state index in [9.17, 15) is 0 Å². The van der Waals surface area contributed by atoms with E-state index in [0.29, 0.717) is 39.5 Å². The van der Waals surface area contributed by atoms with Crippen molar-refractivity contribution in [1.29, 1.82) is 5.26 Å². The van der Waals surface area contributed by atoms with E-state index in [2.05, 4.69) is 6.07 Å². The van der Waals surface area contributed by atoms with Gasteiger partial charge in [-0.25, -0.2) is 0 Å². The Bertz CT molecular complexity index is 133. The highest BCUT2D eigenvalue weighted by atomic mass is 16.5. The first-order valence-corrected chi connectivity index (χ1v) is 4.43. The summed E-state index contributed by atoms with van der Waals surface area (Å²) in [5.41, 5.74) is 0. The third kappa shape index (κ3) is 11.4. The van der Waals surface area contributed by atoms with Gasteiger partial charge in [0.05, 0.1) is 32.5 Å². The minimum atomic E-state index is 0.560. The standard InChI is InChI=1S/C9H17NO3/c1-11-6-7-13-9-8-12-5-3-2-4-10/h2-3,5-9H2,1H3. The summed E-state index contributed by atoms with van der Waals surface area (Å²) in [4.78, 5) is 0. The Morgan fingerprint density at radius 3 is 2.23 bits per heavy atom. The van der Waals surface area contributed by atoms with Gasteiger partial charge in [0.2, 0.25) is 0 Å². The molecule has 0 rings (SSSR count). The van der Waals surface area contributed by atoms with E-state index < -0.39 is 0 Å². The van der Waals surface area contributed by atoms with Gasteiger partial charge in [-0.3, -0.25) is 0 Å². The summed E-state index contributed by atoms with van der Waals surface area (Å²) in [6.07, 6.45) is 1.36. The third-order valence-electron chi connectivity index (χ3n) is 1.38. The van der Waals surface area contributed by atoms with E-state index in [4.69, 9.17) is 19.5 Å². The molecule has 0 saturated carbocycles. The summed E-state index contributed by atoms with van der Waals surface area (Å²) < 4.78 is 15.2. The molecule has 0 unspecified atom stereocenters. The predicted molar refractivity (Wildman–Crippen MR) is 48.4 cm³/mol. The Kier molecular flexibility index (Phi) is 10.8. The van der Waals surface area contributed by atoms with Crippen LogP contribution < -0.4 is 0 Å². The van der Waals surface area contributed by atoms with E-state index in [-0.39, 0.29) is 0 Å². The number of nitrogens with zero attached hydrogens (tertiary/aromatic N) is 1. The third-order valence-corrected chi connectivity index (χ3v) is 1.38. The number of hydrogen-bond acceptors (Lipinski definition) is 4. The Hall–Kier alpha value is -0.630. The first-order chi connectivity index (χ1) is 6.41. The fraction of sp³-hybridized carbons (Fsp3) is 0.889. The number of ether oxygens (including phenoxy) is 3. The molecule has 0 aliphatic carbocycles.